The van der Waals surface area contributed by atoms with Gasteiger partial charge >= 0.3 is 0 Å². The zero-order valence-corrected chi connectivity index (χ0v) is 13.7. The minimum absolute atomic E-state index is 0.601. The Labute approximate surface area is 128 Å². The highest BCUT2D eigenvalue weighted by atomic mass is 79.9. The SMILES string of the molecule is Cn1ccc2c(N(C)[C@H]3CC[C@H](CBr)CC3)ncnc21. The quantitative estimate of drug-likeness (QED) is 0.806. The standard InChI is InChI=1S/C15H21BrN4/c1-19-8-7-13-14(19)17-10-18-15(13)20(2)12-5-3-11(9-16)4-6-12/h7-8,10-12H,3-6,9H2,1-2H3/t11-,12-. The molecule has 0 radical (unpaired) electrons. The molecule has 0 spiro atoms. The number of rotatable bonds is 3. The molecule has 2 heterocycles. The maximum atomic E-state index is 4.53. The Morgan fingerprint density at radius 1 is 1.30 bits per heavy atom. The van der Waals surface area contributed by atoms with Gasteiger partial charge in [0, 0.05) is 31.7 Å². The van der Waals surface area contributed by atoms with Crippen LogP contribution in [-0.4, -0.2) is 33.0 Å². The second-order valence-corrected chi connectivity index (χ2v) is 6.45. The number of hydrogen-bond donors (Lipinski definition) is 0. The Morgan fingerprint density at radius 3 is 2.75 bits per heavy atom. The fraction of sp³-hybridized carbons (Fsp3) is 0.600. The van der Waals surface area contributed by atoms with E-state index < -0.39 is 0 Å². The number of halogens is 1. The monoisotopic (exact) mass is 336 g/mol. The first-order valence-electron chi connectivity index (χ1n) is 7.25. The number of fused-ring (bicyclic) bond motifs is 1. The molecule has 0 unspecified atom stereocenters. The predicted molar refractivity (Wildman–Crippen MR) is 86.5 cm³/mol. The molecule has 0 N–H and O–H groups in total. The number of aromatic nitrogens is 3. The van der Waals surface area contributed by atoms with Gasteiger partial charge in [-0.1, -0.05) is 15.9 Å². The molecule has 4 nitrogen and oxygen atoms in total. The van der Waals surface area contributed by atoms with Crippen molar-refractivity contribution in [2.45, 2.75) is 31.7 Å². The fourth-order valence-corrected chi connectivity index (χ4v) is 3.85. The van der Waals surface area contributed by atoms with E-state index in [1.54, 1.807) is 6.33 Å². The summed E-state index contributed by atoms with van der Waals surface area (Å²) in [5, 5.41) is 2.29. The highest BCUT2D eigenvalue weighted by molar-refractivity contribution is 9.09. The minimum Gasteiger partial charge on any atom is -0.356 e. The molecule has 20 heavy (non-hydrogen) atoms. The Bertz CT molecular complexity index is 587. The van der Waals surface area contributed by atoms with E-state index in [9.17, 15) is 0 Å². The fourth-order valence-electron chi connectivity index (χ4n) is 3.20. The third-order valence-corrected chi connectivity index (χ3v) is 5.47. The average Bonchev–Trinajstić information content (AvgIpc) is 2.88. The van der Waals surface area contributed by atoms with Crippen LogP contribution >= 0.6 is 15.9 Å². The Balaban J connectivity index is 1.84. The van der Waals surface area contributed by atoms with Crippen LogP contribution in [0.3, 0.4) is 0 Å². The Morgan fingerprint density at radius 2 is 2.05 bits per heavy atom. The lowest BCUT2D eigenvalue weighted by Crippen LogP contribution is -2.36. The predicted octanol–water partition coefficient (Wildman–Crippen LogP) is 3.36. The number of hydrogen-bond acceptors (Lipinski definition) is 3. The molecule has 1 aliphatic rings. The number of aryl methyl sites for hydroxylation is 1. The van der Waals surface area contributed by atoms with Gasteiger partial charge in [-0.2, -0.15) is 0 Å². The van der Waals surface area contributed by atoms with Gasteiger partial charge in [0.05, 0.1) is 5.39 Å². The molecule has 0 bridgehead atoms. The highest BCUT2D eigenvalue weighted by Crippen LogP contribution is 2.32. The van der Waals surface area contributed by atoms with Crippen LogP contribution < -0.4 is 4.90 Å². The van der Waals surface area contributed by atoms with Crippen LogP contribution in [0.4, 0.5) is 5.82 Å². The first-order valence-corrected chi connectivity index (χ1v) is 8.37. The van der Waals surface area contributed by atoms with E-state index in [1.165, 1.54) is 25.7 Å². The van der Waals surface area contributed by atoms with Crippen molar-refractivity contribution >= 4 is 32.8 Å². The topological polar surface area (TPSA) is 34.0 Å². The average molecular weight is 337 g/mol. The maximum Gasteiger partial charge on any atom is 0.145 e. The molecular weight excluding hydrogens is 316 g/mol. The molecule has 2 aromatic rings. The first kappa shape index (κ1) is 13.9. The van der Waals surface area contributed by atoms with E-state index >= 15 is 0 Å². The molecule has 0 atom stereocenters. The number of anilines is 1. The summed E-state index contributed by atoms with van der Waals surface area (Å²) in [6.45, 7) is 0. The van der Waals surface area contributed by atoms with Crippen LogP contribution in [-0.2, 0) is 7.05 Å². The molecule has 108 valence electrons. The molecule has 0 aromatic carbocycles. The smallest absolute Gasteiger partial charge is 0.145 e. The molecular formula is C15H21BrN4. The summed E-state index contributed by atoms with van der Waals surface area (Å²) in [7, 11) is 4.20. The second-order valence-electron chi connectivity index (χ2n) is 5.80. The molecule has 1 aliphatic carbocycles. The Hall–Kier alpha value is -1.10. The van der Waals surface area contributed by atoms with Gasteiger partial charge < -0.3 is 9.47 Å². The van der Waals surface area contributed by atoms with Gasteiger partial charge in [0.25, 0.3) is 0 Å². The van der Waals surface area contributed by atoms with Gasteiger partial charge in [0.15, 0.2) is 0 Å². The van der Waals surface area contributed by atoms with Crippen molar-refractivity contribution < 1.29 is 0 Å². The summed E-state index contributed by atoms with van der Waals surface area (Å²) in [5.74, 6) is 1.92. The van der Waals surface area contributed by atoms with Crippen molar-refractivity contribution in [3.05, 3.63) is 18.6 Å². The summed E-state index contributed by atoms with van der Waals surface area (Å²) >= 11 is 3.61. The highest BCUT2D eigenvalue weighted by Gasteiger charge is 2.25. The van der Waals surface area contributed by atoms with E-state index in [2.05, 4.69) is 54.7 Å². The van der Waals surface area contributed by atoms with Crippen molar-refractivity contribution in [3.8, 4) is 0 Å². The lowest BCUT2D eigenvalue weighted by Gasteiger charge is -2.35. The van der Waals surface area contributed by atoms with Crippen LogP contribution in [0.25, 0.3) is 11.0 Å². The van der Waals surface area contributed by atoms with Crippen molar-refractivity contribution in [3.63, 3.8) is 0 Å². The minimum atomic E-state index is 0.601. The maximum absolute atomic E-state index is 4.53. The van der Waals surface area contributed by atoms with Crippen LogP contribution in [0.15, 0.2) is 18.6 Å². The van der Waals surface area contributed by atoms with Gasteiger partial charge in [-0.15, -0.1) is 0 Å². The van der Waals surface area contributed by atoms with Gasteiger partial charge in [-0.05, 0) is 37.7 Å². The van der Waals surface area contributed by atoms with Crippen molar-refractivity contribution in [1.29, 1.82) is 0 Å². The van der Waals surface area contributed by atoms with E-state index in [4.69, 9.17) is 0 Å². The normalized spacial score (nSPS) is 23.1. The summed E-state index contributed by atoms with van der Waals surface area (Å²) < 4.78 is 2.05. The summed E-state index contributed by atoms with van der Waals surface area (Å²) in [4.78, 5) is 11.3. The van der Waals surface area contributed by atoms with Gasteiger partial charge in [-0.25, -0.2) is 9.97 Å². The third-order valence-electron chi connectivity index (χ3n) is 4.56. The zero-order chi connectivity index (χ0) is 14.1. The van der Waals surface area contributed by atoms with Crippen molar-refractivity contribution in [2.24, 2.45) is 13.0 Å². The molecule has 0 amide bonds. The summed E-state index contributed by atoms with van der Waals surface area (Å²) in [6.07, 6.45) is 8.86. The van der Waals surface area contributed by atoms with E-state index in [-0.39, 0.29) is 0 Å². The molecule has 0 aliphatic heterocycles. The molecule has 5 heteroatoms. The van der Waals surface area contributed by atoms with Crippen LogP contribution in [0.1, 0.15) is 25.7 Å². The van der Waals surface area contributed by atoms with Crippen LogP contribution in [0, 0.1) is 5.92 Å². The molecule has 0 saturated heterocycles. The molecule has 1 saturated carbocycles. The van der Waals surface area contributed by atoms with Crippen LogP contribution in [0.5, 0.6) is 0 Å². The lowest BCUT2D eigenvalue weighted by molar-refractivity contribution is 0.346. The van der Waals surface area contributed by atoms with E-state index in [1.807, 2.05) is 7.05 Å². The first-order chi connectivity index (χ1) is 9.70. The van der Waals surface area contributed by atoms with Gasteiger partial charge in [0.2, 0.25) is 0 Å². The van der Waals surface area contributed by atoms with Gasteiger partial charge in [-0.3, -0.25) is 0 Å². The number of alkyl halides is 1. The molecule has 1 fully saturated rings. The zero-order valence-electron chi connectivity index (χ0n) is 12.1. The summed E-state index contributed by atoms with van der Waals surface area (Å²) in [6, 6.07) is 2.72. The second kappa shape index (κ2) is 5.72. The molecule has 2 aromatic heterocycles. The van der Waals surface area contributed by atoms with E-state index in [0.717, 1.165) is 28.1 Å². The van der Waals surface area contributed by atoms with E-state index in [0.29, 0.717) is 6.04 Å². The number of nitrogens with zero attached hydrogens (tertiary/aromatic N) is 4. The van der Waals surface area contributed by atoms with Gasteiger partial charge in [0.1, 0.15) is 17.8 Å². The van der Waals surface area contributed by atoms with Crippen molar-refractivity contribution in [1.82, 2.24) is 14.5 Å². The molecule has 3 rings (SSSR count). The summed E-state index contributed by atoms with van der Waals surface area (Å²) in [5.41, 5.74) is 1.01. The third kappa shape index (κ3) is 2.43. The van der Waals surface area contributed by atoms with Crippen molar-refractivity contribution in [2.75, 3.05) is 17.3 Å². The lowest BCUT2D eigenvalue weighted by atomic mass is 9.86. The van der Waals surface area contributed by atoms with Crippen LogP contribution in [0.2, 0.25) is 0 Å². The Kier molecular flexibility index (Phi) is 3.96. The largest absolute Gasteiger partial charge is 0.356 e.